The molecule has 10 aromatic rings. The molecule has 4 heterocycles. The number of hydrogen-bond donors (Lipinski definition) is 2. The number of fused-ring (bicyclic) bond motifs is 2. The minimum absolute atomic E-state index is 0.00951. The number of benzene rings is 8. The van der Waals surface area contributed by atoms with Crippen molar-refractivity contribution in [2.24, 2.45) is 11.8 Å². The molecule has 14 nitrogen and oxygen atoms in total. The highest BCUT2D eigenvalue weighted by Crippen LogP contribution is 2.38. The van der Waals surface area contributed by atoms with Crippen molar-refractivity contribution in [1.82, 2.24) is 19.1 Å². The summed E-state index contributed by atoms with van der Waals surface area (Å²) in [5.41, 5.74) is 2.50. The lowest BCUT2D eigenvalue weighted by Gasteiger charge is -2.22. The lowest BCUT2D eigenvalue weighted by atomic mass is 10.00. The topological polar surface area (TPSA) is 166 Å². The van der Waals surface area contributed by atoms with Crippen molar-refractivity contribution in [2.75, 3.05) is 53.9 Å². The van der Waals surface area contributed by atoms with Crippen LogP contribution in [-0.4, -0.2) is 95.1 Å². The molecule has 0 saturated carbocycles. The van der Waals surface area contributed by atoms with Crippen molar-refractivity contribution in [1.29, 1.82) is 0 Å². The molecule has 4 atom stereocenters. The number of methoxy groups -OCH3 is 2. The summed E-state index contributed by atoms with van der Waals surface area (Å²) in [6.45, 7) is 1.54. The summed E-state index contributed by atoms with van der Waals surface area (Å²) in [5.74, 6) is -7.89. The molecular formula is C68H54Cl2F8N4O10. The monoisotopic (exact) mass is 1310 g/mol. The van der Waals surface area contributed by atoms with Gasteiger partial charge in [0.15, 0.2) is 23.1 Å². The average molecular weight is 1310 g/mol. The van der Waals surface area contributed by atoms with Crippen LogP contribution >= 0.6 is 23.2 Å². The summed E-state index contributed by atoms with van der Waals surface area (Å²) in [4.78, 5) is 32.8. The van der Waals surface area contributed by atoms with Crippen molar-refractivity contribution in [3.8, 4) is 33.8 Å². The number of nitrogens with zero attached hydrogens (tertiary/aromatic N) is 4. The standard InChI is InChI=1S/2C34H27ClF4N2O5/c2*1-44-14-22-15-45-17-31(22)41-30-9-19(34(42)43)4-7-29(30)40-33(41)11-21-8-28(39)24(13-27(21)38)18-3-6-25(36)32(10-18)46-16-20-2-5-23(35)12-26(20)37/h2*2-10,12-13,22,31H,11,14-17H2,1H3,(H,42,43)/t2*22-,31+/m00/s1. The molecule has 12 rings (SSSR count). The van der Waals surface area contributed by atoms with E-state index in [1.54, 1.807) is 26.4 Å². The van der Waals surface area contributed by atoms with E-state index in [9.17, 15) is 37.4 Å². The highest BCUT2D eigenvalue weighted by Gasteiger charge is 2.35. The van der Waals surface area contributed by atoms with Crippen LogP contribution < -0.4 is 9.47 Å². The molecular weight excluding hydrogens is 1260 g/mol. The largest absolute Gasteiger partial charge is 0.486 e. The maximum absolute atomic E-state index is 15.7. The van der Waals surface area contributed by atoms with Gasteiger partial charge in [0.2, 0.25) is 0 Å². The van der Waals surface area contributed by atoms with Crippen LogP contribution in [0.2, 0.25) is 10.0 Å². The molecule has 8 aromatic carbocycles. The van der Waals surface area contributed by atoms with Gasteiger partial charge in [0.05, 0.1) is 84.9 Å². The number of halogens is 10. The molecule has 0 aliphatic carbocycles. The van der Waals surface area contributed by atoms with Gasteiger partial charge >= 0.3 is 11.9 Å². The minimum Gasteiger partial charge on any atom is -0.486 e. The Balaban J connectivity index is 0.000000188. The molecule has 2 aliphatic heterocycles. The molecule has 0 amide bonds. The van der Waals surface area contributed by atoms with Crippen LogP contribution in [0.3, 0.4) is 0 Å². The third-order valence-corrected chi connectivity index (χ3v) is 16.5. The Bertz CT molecular complexity index is 4180. The molecule has 2 aliphatic rings. The second-order valence-electron chi connectivity index (χ2n) is 22.0. The Labute approximate surface area is 530 Å². The van der Waals surface area contributed by atoms with Crippen LogP contribution in [0.1, 0.15) is 66.7 Å². The van der Waals surface area contributed by atoms with Crippen LogP contribution in [0.25, 0.3) is 44.3 Å². The first kappa shape index (κ1) is 64.6. The number of imidazole rings is 2. The van der Waals surface area contributed by atoms with Crippen LogP contribution in [0.4, 0.5) is 35.1 Å². The molecule has 2 fully saturated rings. The van der Waals surface area contributed by atoms with E-state index < -0.39 is 58.5 Å². The molecule has 2 saturated heterocycles. The number of carboxylic acids is 2. The zero-order chi connectivity index (χ0) is 65.1. The molecule has 0 spiro atoms. The number of rotatable bonds is 20. The van der Waals surface area contributed by atoms with Crippen molar-refractivity contribution in [3.05, 3.63) is 235 Å². The summed E-state index contributed by atoms with van der Waals surface area (Å²) in [6.07, 6.45) is -0.221. The van der Waals surface area contributed by atoms with Gasteiger partial charge in [0, 0.05) is 71.2 Å². The van der Waals surface area contributed by atoms with Gasteiger partial charge in [-0.05, 0) is 131 Å². The molecule has 2 N–H and O–H groups in total. The van der Waals surface area contributed by atoms with E-state index in [4.69, 9.17) is 51.6 Å². The maximum Gasteiger partial charge on any atom is 0.335 e. The Morgan fingerprint density at radius 3 is 1.26 bits per heavy atom. The van der Waals surface area contributed by atoms with E-state index in [1.165, 1.54) is 72.8 Å². The van der Waals surface area contributed by atoms with Crippen molar-refractivity contribution in [3.63, 3.8) is 0 Å². The molecule has 24 heteroatoms. The van der Waals surface area contributed by atoms with Crippen LogP contribution in [0.15, 0.2) is 133 Å². The molecule has 476 valence electrons. The lowest BCUT2D eigenvalue weighted by molar-refractivity contribution is 0.0686. The highest BCUT2D eigenvalue weighted by molar-refractivity contribution is 6.30. The number of hydrogen-bond acceptors (Lipinski definition) is 10. The molecule has 92 heavy (non-hydrogen) atoms. The summed E-state index contributed by atoms with van der Waals surface area (Å²) >= 11 is 11.6. The first-order valence-corrected chi connectivity index (χ1v) is 29.3. The predicted octanol–water partition coefficient (Wildman–Crippen LogP) is 15.2. The summed E-state index contributed by atoms with van der Waals surface area (Å²) in [5, 5.41) is 19.6. The van der Waals surface area contributed by atoms with Crippen LogP contribution in [-0.2, 0) is 45.0 Å². The molecule has 2 aromatic heterocycles. The van der Waals surface area contributed by atoms with Crippen molar-refractivity contribution >= 4 is 57.2 Å². The smallest absolute Gasteiger partial charge is 0.335 e. The fourth-order valence-corrected chi connectivity index (χ4v) is 11.7. The lowest BCUT2D eigenvalue weighted by Crippen LogP contribution is -2.23. The van der Waals surface area contributed by atoms with Gasteiger partial charge < -0.3 is 47.8 Å². The Morgan fingerprint density at radius 1 is 0.478 bits per heavy atom. The number of carboxylic acid groups (broad SMARTS) is 2. The number of ether oxygens (including phenoxy) is 6. The van der Waals surface area contributed by atoms with Gasteiger partial charge in [0.25, 0.3) is 0 Å². The summed E-state index contributed by atoms with van der Waals surface area (Å²) < 4.78 is 157. The molecule has 0 bridgehead atoms. The minimum atomic E-state index is -1.11. The summed E-state index contributed by atoms with van der Waals surface area (Å²) in [7, 11) is 3.14. The van der Waals surface area contributed by atoms with Gasteiger partial charge in [-0.3, -0.25) is 0 Å². The quantitative estimate of drug-likeness (QED) is 0.0695. The zero-order valence-corrected chi connectivity index (χ0v) is 50.3. The van der Waals surface area contributed by atoms with E-state index in [-0.39, 0.29) is 127 Å². The van der Waals surface area contributed by atoms with Crippen LogP contribution in [0.5, 0.6) is 11.5 Å². The van der Waals surface area contributed by atoms with Gasteiger partial charge in [-0.2, -0.15) is 0 Å². The molecule has 0 unspecified atom stereocenters. The SMILES string of the molecule is COC[C@H]1COC[C@H]1n1c(Cc2cc(F)c(-c3ccc(F)c(OCc4ccc(Cl)cc4F)c3)cc2F)nc2ccc(C(=O)O)cc21.COC[C@H]1COC[C@H]1n1c(Cc2cc(F)c(-c3ccc(F)c(OCc4ccc(Cl)cc4F)c3)cc2F)nc2ccc(C(=O)O)cc21. The second-order valence-corrected chi connectivity index (χ2v) is 22.9. The van der Waals surface area contributed by atoms with E-state index >= 15 is 17.6 Å². The van der Waals surface area contributed by atoms with E-state index in [1.807, 2.05) is 9.13 Å². The fourth-order valence-electron chi connectivity index (χ4n) is 11.4. The van der Waals surface area contributed by atoms with Gasteiger partial charge in [-0.25, -0.2) is 54.7 Å². The average Bonchev–Trinajstić information content (AvgIpc) is 1.60. The van der Waals surface area contributed by atoms with Gasteiger partial charge in [-0.1, -0.05) is 47.5 Å². The Morgan fingerprint density at radius 2 is 0.880 bits per heavy atom. The zero-order valence-electron chi connectivity index (χ0n) is 48.8. The maximum atomic E-state index is 15.7. The third-order valence-electron chi connectivity index (χ3n) is 16.0. The summed E-state index contributed by atoms with van der Waals surface area (Å²) in [6, 6.07) is 27.7. The first-order valence-electron chi connectivity index (χ1n) is 28.6. The number of aromatic carboxylic acids is 2. The fraction of sp³-hybridized carbons (Fsp3) is 0.235. The van der Waals surface area contributed by atoms with Gasteiger partial charge in [-0.15, -0.1) is 0 Å². The second kappa shape index (κ2) is 27.9. The van der Waals surface area contributed by atoms with E-state index in [0.29, 0.717) is 73.4 Å². The van der Waals surface area contributed by atoms with Crippen molar-refractivity contribution < 1.29 is 83.3 Å². The predicted molar refractivity (Wildman–Crippen MR) is 324 cm³/mol. The van der Waals surface area contributed by atoms with E-state index in [0.717, 1.165) is 48.5 Å². The van der Waals surface area contributed by atoms with Crippen molar-refractivity contribution in [2.45, 2.75) is 38.1 Å². The third kappa shape index (κ3) is 14.0. The first-order chi connectivity index (χ1) is 44.2. The normalized spacial score (nSPS) is 16.3. The molecule has 0 radical (unpaired) electrons. The Kier molecular flexibility index (Phi) is 19.6. The highest BCUT2D eigenvalue weighted by atomic mass is 35.5. The Hall–Kier alpha value is -8.90. The number of carbonyl (C=O) groups is 2. The number of aromatic nitrogens is 4. The van der Waals surface area contributed by atoms with Crippen LogP contribution in [0, 0.1) is 58.4 Å². The van der Waals surface area contributed by atoms with Gasteiger partial charge in [0.1, 0.15) is 59.8 Å². The van der Waals surface area contributed by atoms with E-state index in [2.05, 4.69) is 9.97 Å².